The molecule has 0 saturated heterocycles. The summed E-state index contributed by atoms with van der Waals surface area (Å²) in [7, 11) is 0. The molecule has 0 atom stereocenters. The van der Waals surface area contributed by atoms with Crippen molar-refractivity contribution in [2.24, 2.45) is 5.73 Å². The van der Waals surface area contributed by atoms with E-state index in [1.165, 1.54) is 25.8 Å². The Bertz CT molecular complexity index is 538. The van der Waals surface area contributed by atoms with Gasteiger partial charge in [-0.3, -0.25) is 0 Å². The third-order valence-electron chi connectivity index (χ3n) is 2.83. The first-order chi connectivity index (χ1) is 8.76. The molecule has 2 rings (SSSR count). The van der Waals surface area contributed by atoms with Crippen molar-refractivity contribution < 1.29 is 0 Å². The Morgan fingerprint density at radius 3 is 2.28 bits per heavy atom. The van der Waals surface area contributed by atoms with Gasteiger partial charge in [-0.15, -0.1) is 11.8 Å². The first-order valence-corrected chi connectivity index (χ1v) is 7.90. The molecule has 0 saturated carbocycles. The zero-order chi connectivity index (χ0) is 13.0. The Kier molecular flexibility index (Phi) is 4.75. The van der Waals surface area contributed by atoms with Crippen molar-refractivity contribution in [3.8, 4) is 0 Å². The average Bonchev–Trinajstić information content (AvgIpc) is 2.41. The van der Waals surface area contributed by atoms with E-state index >= 15 is 0 Å². The molecule has 0 aliphatic heterocycles. The van der Waals surface area contributed by atoms with E-state index in [-0.39, 0.29) is 0 Å². The van der Waals surface area contributed by atoms with Crippen molar-refractivity contribution >= 4 is 23.5 Å². The van der Waals surface area contributed by atoms with Crippen LogP contribution in [0.15, 0.2) is 57.2 Å². The molecule has 2 N–H and O–H groups in total. The van der Waals surface area contributed by atoms with Gasteiger partial charge in [-0.05, 0) is 42.5 Å². The summed E-state index contributed by atoms with van der Waals surface area (Å²) >= 11 is 3.56. The second kappa shape index (κ2) is 6.32. The summed E-state index contributed by atoms with van der Waals surface area (Å²) in [4.78, 5) is 3.83. The van der Waals surface area contributed by atoms with Crippen LogP contribution in [0.25, 0.3) is 0 Å². The maximum atomic E-state index is 5.89. The highest BCUT2D eigenvalue weighted by molar-refractivity contribution is 8.00. The number of rotatable bonds is 4. The van der Waals surface area contributed by atoms with Crippen LogP contribution >= 0.6 is 23.5 Å². The van der Waals surface area contributed by atoms with Crippen LogP contribution in [0.1, 0.15) is 11.1 Å². The fourth-order valence-electron chi connectivity index (χ4n) is 1.82. The van der Waals surface area contributed by atoms with Crippen LogP contribution in [-0.2, 0) is 6.54 Å². The van der Waals surface area contributed by atoms with E-state index in [4.69, 9.17) is 5.73 Å². The van der Waals surface area contributed by atoms with E-state index < -0.39 is 0 Å². The molecule has 94 valence electrons. The number of aryl methyl sites for hydroxylation is 1. The predicted molar refractivity (Wildman–Crippen MR) is 81.4 cm³/mol. The Hall–Kier alpha value is -0.900. The number of thioether (sulfide) groups is 1. The molecule has 0 bridgehead atoms. The standard InChI is InChI=1S/C15H17NS2/c1-11-6-3-4-7-13(11)18-15-9-5-8-14(17-2)12(15)10-16/h3-9H,10,16H2,1-2H3. The van der Waals surface area contributed by atoms with E-state index in [0.717, 1.165) is 0 Å². The maximum absolute atomic E-state index is 5.89. The summed E-state index contributed by atoms with van der Waals surface area (Å²) in [5.74, 6) is 0. The van der Waals surface area contributed by atoms with Crippen LogP contribution in [0.3, 0.4) is 0 Å². The molecule has 3 heteroatoms. The lowest BCUT2D eigenvalue weighted by atomic mass is 10.2. The molecule has 18 heavy (non-hydrogen) atoms. The van der Waals surface area contributed by atoms with Gasteiger partial charge >= 0.3 is 0 Å². The second-order valence-corrected chi connectivity index (χ2v) is 5.94. The van der Waals surface area contributed by atoms with Crippen molar-refractivity contribution in [1.82, 2.24) is 0 Å². The van der Waals surface area contributed by atoms with Crippen LogP contribution in [0.2, 0.25) is 0 Å². The number of benzene rings is 2. The number of nitrogens with two attached hydrogens (primary N) is 1. The van der Waals surface area contributed by atoms with Crippen LogP contribution in [0.5, 0.6) is 0 Å². The molecular formula is C15H17NS2. The molecule has 0 amide bonds. The molecule has 1 nitrogen and oxygen atoms in total. The third kappa shape index (κ3) is 2.91. The van der Waals surface area contributed by atoms with Crippen molar-refractivity contribution in [2.45, 2.75) is 28.2 Å². The smallest absolute Gasteiger partial charge is 0.0200 e. The number of hydrogen-bond acceptors (Lipinski definition) is 3. The van der Waals surface area contributed by atoms with Gasteiger partial charge in [-0.1, -0.05) is 36.0 Å². The molecule has 0 aliphatic rings. The van der Waals surface area contributed by atoms with Gasteiger partial charge in [-0.2, -0.15) is 0 Å². The minimum atomic E-state index is 0.589. The molecular weight excluding hydrogens is 258 g/mol. The molecule has 0 radical (unpaired) electrons. The lowest BCUT2D eigenvalue weighted by Gasteiger charge is -2.12. The predicted octanol–water partition coefficient (Wildman–Crippen LogP) is 4.33. The van der Waals surface area contributed by atoms with Crippen molar-refractivity contribution in [1.29, 1.82) is 0 Å². The summed E-state index contributed by atoms with van der Waals surface area (Å²) in [5.41, 5.74) is 8.45. The van der Waals surface area contributed by atoms with Gasteiger partial charge in [-0.25, -0.2) is 0 Å². The molecule has 0 aromatic heterocycles. The molecule has 0 heterocycles. The zero-order valence-corrected chi connectivity index (χ0v) is 12.3. The van der Waals surface area contributed by atoms with Crippen LogP contribution in [0, 0.1) is 6.92 Å². The summed E-state index contributed by atoms with van der Waals surface area (Å²) in [6.45, 7) is 2.73. The fourth-order valence-corrected chi connectivity index (χ4v) is 3.62. The lowest BCUT2D eigenvalue weighted by molar-refractivity contribution is 0.980. The van der Waals surface area contributed by atoms with Crippen LogP contribution < -0.4 is 5.73 Å². The van der Waals surface area contributed by atoms with E-state index in [1.54, 1.807) is 23.5 Å². The SMILES string of the molecule is CSc1cccc(Sc2ccccc2C)c1CN. The molecule has 2 aromatic rings. The second-order valence-electron chi connectivity index (χ2n) is 4.01. The topological polar surface area (TPSA) is 26.0 Å². The highest BCUT2D eigenvalue weighted by atomic mass is 32.2. The summed E-state index contributed by atoms with van der Waals surface area (Å²) in [6, 6.07) is 14.8. The largest absolute Gasteiger partial charge is 0.326 e. The highest BCUT2D eigenvalue weighted by Crippen LogP contribution is 2.35. The van der Waals surface area contributed by atoms with E-state index in [2.05, 4.69) is 55.6 Å². The molecule has 0 fully saturated rings. The quantitative estimate of drug-likeness (QED) is 0.841. The molecule has 0 aliphatic carbocycles. The molecule has 2 aromatic carbocycles. The van der Waals surface area contributed by atoms with Gasteiger partial charge in [0, 0.05) is 21.2 Å². The van der Waals surface area contributed by atoms with E-state index in [1.807, 2.05) is 0 Å². The van der Waals surface area contributed by atoms with Crippen LogP contribution in [0.4, 0.5) is 0 Å². The molecule has 0 unspecified atom stereocenters. The van der Waals surface area contributed by atoms with Gasteiger partial charge < -0.3 is 5.73 Å². The normalized spacial score (nSPS) is 10.6. The average molecular weight is 275 g/mol. The Morgan fingerprint density at radius 2 is 1.61 bits per heavy atom. The summed E-state index contributed by atoms with van der Waals surface area (Å²) in [6.07, 6.45) is 2.09. The number of hydrogen-bond donors (Lipinski definition) is 1. The third-order valence-corrected chi connectivity index (χ3v) is 4.93. The first kappa shape index (κ1) is 13.5. The molecule has 0 spiro atoms. The van der Waals surface area contributed by atoms with Gasteiger partial charge in [0.05, 0.1) is 0 Å². The Morgan fingerprint density at radius 1 is 0.944 bits per heavy atom. The van der Waals surface area contributed by atoms with Crippen molar-refractivity contribution in [3.63, 3.8) is 0 Å². The lowest BCUT2D eigenvalue weighted by Crippen LogP contribution is -2.00. The summed E-state index contributed by atoms with van der Waals surface area (Å²) < 4.78 is 0. The monoisotopic (exact) mass is 275 g/mol. The van der Waals surface area contributed by atoms with Gasteiger partial charge in [0.15, 0.2) is 0 Å². The Labute approximate surface area is 117 Å². The minimum Gasteiger partial charge on any atom is -0.326 e. The zero-order valence-electron chi connectivity index (χ0n) is 10.6. The van der Waals surface area contributed by atoms with E-state index in [9.17, 15) is 0 Å². The van der Waals surface area contributed by atoms with Gasteiger partial charge in [0.25, 0.3) is 0 Å². The maximum Gasteiger partial charge on any atom is 0.0200 e. The van der Waals surface area contributed by atoms with Crippen molar-refractivity contribution in [2.75, 3.05) is 6.26 Å². The van der Waals surface area contributed by atoms with Crippen molar-refractivity contribution in [3.05, 3.63) is 53.6 Å². The van der Waals surface area contributed by atoms with E-state index in [0.29, 0.717) is 6.54 Å². The summed E-state index contributed by atoms with van der Waals surface area (Å²) in [5, 5.41) is 0. The minimum absolute atomic E-state index is 0.589. The van der Waals surface area contributed by atoms with Gasteiger partial charge in [0.1, 0.15) is 0 Å². The highest BCUT2D eigenvalue weighted by Gasteiger charge is 2.08. The first-order valence-electron chi connectivity index (χ1n) is 5.85. The van der Waals surface area contributed by atoms with Crippen LogP contribution in [-0.4, -0.2) is 6.26 Å². The fraction of sp³-hybridized carbons (Fsp3) is 0.200. The van der Waals surface area contributed by atoms with Gasteiger partial charge in [0.2, 0.25) is 0 Å². The Balaban J connectivity index is 2.37.